The molecule has 0 atom stereocenters. The Kier molecular flexibility index (Phi) is 5.12. The number of amides is 1. The van der Waals surface area contributed by atoms with Crippen LogP contribution in [0.15, 0.2) is 0 Å². The van der Waals surface area contributed by atoms with Crippen molar-refractivity contribution in [1.82, 2.24) is 10.0 Å². The van der Waals surface area contributed by atoms with Crippen LogP contribution in [0.3, 0.4) is 0 Å². The van der Waals surface area contributed by atoms with Gasteiger partial charge in [-0.1, -0.05) is 6.42 Å². The molecule has 0 aromatic rings. The van der Waals surface area contributed by atoms with Crippen molar-refractivity contribution >= 4 is 15.9 Å². The average molecular weight is 277 g/mol. The van der Waals surface area contributed by atoms with Gasteiger partial charge in [0.2, 0.25) is 15.9 Å². The molecule has 1 rings (SSSR count). The first-order valence-electron chi connectivity index (χ1n) is 6.25. The number of hydrogen-bond acceptors (Lipinski definition) is 4. The third-order valence-electron chi connectivity index (χ3n) is 3.06. The summed E-state index contributed by atoms with van der Waals surface area (Å²) in [6.45, 7) is 3.75. The first-order chi connectivity index (χ1) is 8.21. The Hall–Kier alpha value is -0.660. The molecule has 4 N–H and O–H groups in total. The molecule has 1 saturated carbocycles. The van der Waals surface area contributed by atoms with E-state index in [1.807, 2.05) is 0 Å². The molecular weight excluding hydrogens is 254 g/mol. The van der Waals surface area contributed by atoms with Crippen LogP contribution in [0.25, 0.3) is 0 Å². The van der Waals surface area contributed by atoms with Gasteiger partial charge in [0.05, 0.1) is 11.3 Å². The van der Waals surface area contributed by atoms with Crippen LogP contribution in [-0.4, -0.2) is 38.7 Å². The van der Waals surface area contributed by atoms with Gasteiger partial charge in [0.15, 0.2) is 0 Å². The Bertz CT molecular complexity index is 383. The summed E-state index contributed by atoms with van der Waals surface area (Å²) in [6.07, 6.45) is 3.38. The van der Waals surface area contributed by atoms with Crippen LogP contribution < -0.4 is 15.8 Å². The lowest BCUT2D eigenvalue weighted by atomic mass is 9.86. The molecule has 18 heavy (non-hydrogen) atoms. The summed E-state index contributed by atoms with van der Waals surface area (Å²) in [6, 6.07) is 0. The SMILES string of the molecule is CC(C)(N)C(=O)NCCS(=O)(=O)NCC1CCC1. The Labute approximate surface area is 109 Å². The molecule has 0 heterocycles. The van der Waals surface area contributed by atoms with E-state index in [-0.39, 0.29) is 18.2 Å². The van der Waals surface area contributed by atoms with Gasteiger partial charge in [-0.05, 0) is 32.6 Å². The molecule has 6 nitrogen and oxygen atoms in total. The second kappa shape index (κ2) is 5.99. The number of nitrogens with two attached hydrogens (primary N) is 1. The van der Waals surface area contributed by atoms with Gasteiger partial charge in [0.1, 0.15) is 0 Å². The lowest BCUT2D eigenvalue weighted by Gasteiger charge is -2.25. The highest BCUT2D eigenvalue weighted by molar-refractivity contribution is 7.89. The molecular formula is C11H23N3O3S. The van der Waals surface area contributed by atoms with E-state index in [0.717, 1.165) is 12.8 Å². The lowest BCUT2D eigenvalue weighted by Crippen LogP contribution is -2.50. The summed E-state index contributed by atoms with van der Waals surface area (Å²) in [5.41, 5.74) is 4.59. The molecule has 0 aliphatic heterocycles. The molecule has 0 aromatic carbocycles. The highest BCUT2D eigenvalue weighted by Crippen LogP contribution is 2.25. The summed E-state index contributed by atoms with van der Waals surface area (Å²) in [7, 11) is -3.30. The highest BCUT2D eigenvalue weighted by atomic mass is 32.2. The number of sulfonamides is 1. The van der Waals surface area contributed by atoms with E-state index in [1.165, 1.54) is 6.42 Å². The van der Waals surface area contributed by atoms with Crippen LogP contribution >= 0.6 is 0 Å². The molecule has 1 aliphatic rings. The monoisotopic (exact) mass is 277 g/mol. The topological polar surface area (TPSA) is 101 Å². The molecule has 0 bridgehead atoms. The molecule has 0 spiro atoms. The largest absolute Gasteiger partial charge is 0.353 e. The van der Waals surface area contributed by atoms with Gasteiger partial charge >= 0.3 is 0 Å². The maximum Gasteiger partial charge on any atom is 0.239 e. The normalized spacial score (nSPS) is 17.3. The van der Waals surface area contributed by atoms with E-state index < -0.39 is 15.6 Å². The summed E-state index contributed by atoms with van der Waals surface area (Å²) in [5, 5.41) is 2.51. The van der Waals surface area contributed by atoms with Crippen LogP contribution in [0, 0.1) is 5.92 Å². The van der Waals surface area contributed by atoms with Crippen molar-refractivity contribution in [2.24, 2.45) is 11.7 Å². The second-order valence-corrected chi connectivity index (χ2v) is 7.37. The van der Waals surface area contributed by atoms with Crippen LogP contribution in [0.4, 0.5) is 0 Å². The maximum absolute atomic E-state index is 11.6. The van der Waals surface area contributed by atoms with Gasteiger partial charge in [-0.3, -0.25) is 4.79 Å². The van der Waals surface area contributed by atoms with Gasteiger partial charge in [-0.15, -0.1) is 0 Å². The molecule has 0 radical (unpaired) electrons. The smallest absolute Gasteiger partial charge is 0.239 e. The van der Waals surface area contributed by atoms with Crippen molar-refractivity contribution in [3.8, 4) is 0 Å². The molecule has 7 heteroatoms. The molecule has 0 unspecified atom stereocenters. The molecule has 1 aliphatic carbocycles. The number of carbonyl (C=O) groups excluding carboxylic acids is 1. The predicted octanol–water partition coefficient (Wildman–Crippen LogP) is -0.441. The molecule has 106 valence electrons. The number of carbonyl (C=O) groups is 1. The van der Waals surface area contributed by atoms with Gasteiger partial charge in [0, 0.05) is 13.1 Å². The number of nitrogens with one attached hydrogen (secondary N) is 2. The van der Waals surface area contributed by atoms with Crippen molar-refractivity contribution in [1.29, 1.82) is 0 Å². The van der Waals surface area contributed by atoms with Gasteiger partial charge < -0.3 is 11.1 Å². The van der Waals surface area contributed by atoms with Crippen molar-refractivity contribution in [2.45, 2.75) is 38.6 Å². The summed E-state index contributed by atoms with van der Waals surface area (Å²) < 4.78 is 25.8. The minimum atomic E-state index is -3.30. The number of hydrogen-bond donors (Lipinski definition) is 3. The second-order valence-electron chi connectivity index (χ2n) is 5.44. The Morgan fingerprint density at radius 2 is 2.00 bits per heavy atom. The molecule has 0 aromatic heterocycles. The standard InChI is InChI=1S/C11H23N3O3S/c1-11(2,12)10(15)13-6-7-18(16,17)14-8-9-4-3-5-9/h9,14H,3-8,12H2,1-2H3,(H,13,15). The Balaban J connectivity index is 2.22. The summed E-state index contributed by atoms with van der Waals surface area (Å²) in [5.74, 6) is 0.0238. The average Bonchev–Trinajstić information content (AvgIpc) is 2.12. The fraction of sp³-hybridized carbons (Fsp3) is 0.909. The fourth-order valence-electron chi connectivity index (χ4n) is 1.54. The summed E-state index contributed by atoms with van der Waals surface area (Å²) in [4.78, 5) is 11.4. The van der Waals surface area contributed by atoms with E-state index in [9.17, 15) is 13.2 Å². The van der Waals surface area contributed by atoms with Crippen LogP contribution in [0.1, 0.15) is 33.1 Å². The van der Waals surface area contributed by atoms with Crippen molar-refractivity contribution in [3.63, 3.8) is 0 Å². The predicted molar refractivity (Wildman–Crippen MR) is 70.4 cm³/mol. The van der Waals surface area contributed by atoms with E-state index in [2.05, 4.69) is 10.0 Å². The van der Waals surface area contributed by atoms with Crippen LogP contribution in [-0.2, 0) is 14.8 Å². The molecule has 1 fully saturated rings. The lowest BCUT2D eigenvalue weighted by molar-refractivity contribution is -0.125. The first-order valence-corrected chi connectivity index (χ1v) is 7.90. The van der Waals surface area contributed by atoms with E-state index in [1.54, 1.807) is 13.8 Å². The quantitative estimate of drug-likeness (QED) is 0.587. The van der Waals surface area contributed by atoms with Crippen molar-refractivity contribution in [3.05, 3.63) is 0 Å². The molecule has 1 amide bonds. The fourth-order valence-corrected chi connectivity index (χ4v) is 2.55. The summed E-state index contributed by atoms with van der Waals surface area (Å²) >= 11 is 0. The Morgan fingerprint density at radius 3 is 2.44 bits per heavy atom. The molecule has 0 saturated heterocycles. The minimum absolute atomic E-state index is 0.0828. The van der Waals surface area contributed by atoms with Crippen molar-refractivity contribution < 1.29 is 13.2 Å². The maximum atomic E-state index is 11.6. The zero-order valence-corrected chi connectivity index (χ0v) is 11.8. The number of rotatable bonds is 7. The van der Waals surface area contributed by atoms with E-state index >= 15 is 0 Å². The highest BCUT2D eigenvalue weighted by Gasteiger charge is 2.23. The zero-order valence-electron chi connectivity index (χ0n) is 11.0. The van der Waals surface area contributed by atoms with E-state index in [4.69, 9.17) is 5.73 Å². The van der Waals surface area contributed by atoms with Crippen molar-refractivity contribution in [2.75, 3.05) is 18.8 Å². The van der Waals surface area contributed by atoms with Gasteiger partial charge in [0.25, 0.3) is 0 Å². The zero-order chi connectivity index (χ0) is 13.8. The third-order valence-corrected chi connectivity index (χ3v) is 4.41. The van der Waals surface area contributed by atoms with Gasteiger partial charge in [-0.25, -0.2) is 13.1 Å². The van der Waals surface area contributed by atoms with E-state index in [0.29, 0.717) is 12.5 Å². The van der Waals surface area contributed by atoms with Crippen LogP contribution in [0.2, 0.25) is 0 Å². The Morgan fingerprint density at radius 1 is 1.39 bits per heavy atom. The minimum Gasteiger partial charge on any atom is -0.353 e. The van der Waals surface area contributed by atoms with Gasteiger partial charge in [-0.2, -0.15) is 0 Å². The third kappa shape index (κ3) is 5.32. The first kappa shape index (κ1) is 15.4. The van der Waals surface area contributed by atoms with Crippen LogP contribution in [0.5, 0.6) is 0 Å².